The van der Waals surface area contributed by atoms with Gasteiger partial charge in [-0.15, -0.1) is 0 Å². The molecule has 10 heteroatoms. The fourth-order valence-corrected chi connectivity index (χ4v) is 4.37. The van der Waals surface area contributed by atoms with Crippen molar-refractivity contribution in [1.29, 1.82) is 0 Å². The first-order valence-electron chi connectivity index (χ1n) is 8.87. The number of rotatable bonds is 6. The van der Waals surface area contributed by atoms with Gasteiger partial charge in [-0.2, -0.15) is 4.31 Å². The second-order valence-electron chi connectivity index (χ2n) is 6.30. The zero-order valence-electron chi connectivity index (χ0n) is 15.3. The van der Waals surface area contributed by atoms with Crippen LogP contribution in [0.5, 0.6) is 0 Å². The van der Waals surface area contributed by atoms with Crippen LogP contribution in [0, 0.1) is 0 Å². The van der Waals surface area contributed by atoms with E-state index >= 15 is 0 Å². The van der Waals surface area contributed by atoms with Crippen molar-refractivity contribution in [2.75, 3.05) is 46.0 Å². The molecule has 0 N–H and O–H groups in total. The Bertz CT molecular complexity index is 831. The highest BCUT2D eigenvalue weighted by atomic mass is 32.2. The van der Waals surface area contributed by atoms with E-state index in [-0.39, 0.29) is 50.2 Å². The van der Waals surface area contributed by atoms with Gasteiger partial charge < -0.3 is 19.1 Å². The average molecular weight is 410 g/mol. The molecule has 2 aliphatic heterocycles. The van der Waals surface area contributed by atoms with Crippen molar-refractivity contribution in [2.24, 2.45) is 0 Å². The van der Waals surface area contributed by atoms with Crippen LogP contribution in [0.25, 0.3) is 0 Å². The average Bonchev–Trinajstić information content (AvgIpc) is 2.73. The van der Waals surface area contributed by atoms with E-state index < -0.39 is 22.6 Å². The van der Waals surface area contributed by atoms with Crippen LogP contribution in [-0.2, 0) is 39.6 Å². The maximum absolute atomic E-state index is 12.5. The Hall–Kier alpha value is -2.59. The molecular weight excluding hydrogens is 388 g/mol. The van der Waals surface area contributed by atoms with Gasteiger partial charge in [0.1, 0.15) is 19.5 Å². The zero-order valence-corrected chi connectivity index (χ0v) is 16.1. The first-order chi connectivity index (χ1) is 13.5. The molecule has 1 fully saturated rings. The van der Waals surface area contributed by atoms with Gasteiger partial charge >= 0.3 is 5.97 Å². The first-order valence-corrected chi connectivity index (χ1v) is 10.5. The molecule has 0 unspecified atom stereocenters. The minimum atomic E-state index is -3.45. The lowest BCUT2D eigenvalue weighted by Crippen LogP contribution is -2.51. The molecule has 2 aliphatic rings. The monoisotopic (exact) mass is 410 g/mol. The summed E-state index contributed by atoms with van der Waals surface area (Å²) in [6.07, 6.45) is 1.16. The molecule has 0 saturated carbocycles. The third kappa shape index (κ3) is 5.23. The third-order valence-corrected chi connectivity index (χ3v) is 6.20. The van der Waals surface area contributed by atoms with Crippen LogP contribution in [0.15, 0.2) is 42.4 Å². The molecule has 152 valence electrons. The van der Waals surface area contributed by atoms with Gasteiger partial charge in [-0.1, -0.05) is 30.3 Å². The number of amides is 1. The van der Waals surface area contributed by atoms with E-state index in [4.69, 9.17) is 14.2 Å². The first kappa shape index (κ1) is 20.2. The van der Waals surface area contributed by atoms with E-state index in [2.05, 4.69) is 0 Å². The van der Waals surface area contributed by atoms with Crippen molar-refractivity contribution in [3.8, 4) is 0 Å². The molecule has 0 bridgehead atoms. The van der Waals surface area contributed by atoms with E-state index in [1.54, 1.807) is 24.3 Å². The van der Waals surface area contributed by atoms with Crippen molar-refractivity contribution in [3.63, 3.8) is 0 Å². The van der Waals surface area contributed by atoms with E-state index in [9.17, 15) is 18.0 Å². The summed E-state index contributed by atoms with van der Waals surface area (Å²) in [5, 5.41) is 0. The summed E-state index contributed by atoms with van der Waals surface area (Å²) >= 11 is 0. The molecule has 9 nitrogen and oxygen atoms in total. The Morgan fingerprint density at radius 1 is 1.04 bits per heavy atom. The molecule has 1 aromatic carbocycles. The SMILES string of the molecule is O=C(OCC(=O)N1CCN(S(=O)(=O)Cc2ccccc2)CC1)C1=COCCO1. The van der Waals surface area contributed by atoms with Crippen molar-refractivity contribution in [2.45, 2.75) is 5.75 Å². The standard InChI is InChI=1S/C18H22N2O7S/c21-17(13-27-18(22)16-12-25-10-11-26-16)19-6-8-20(9-7-19)28(23,24)14-15-4-2-1-3-5-15/h1-5,12H,6-11,13-14H2. The number of carbonyl (C=O) groups is 2. The van der Waals surface area contributed by atoms with E-state index in [1.807, 2.05) is 6.07 Å². The maximum Gasteiger partial charge on any atom is 0.377 e. The Balaban J connectivity index is 1.46. The smallest absolute Gasteiger partial charge is 0.377 e. The van der Waals surface area contributed by atoms with Gasteiger partial charge in [-0.25, -0.2) is 13.2 Å². The van der Waals surface area contributed by atoms with Crippen LogP contribution in [0.3, 0.4) is 0 Å². The van der Waals surface area contributed by atoms with Crippen LogP contribution >= 0.6 is 0 Å². The van der Waals surface area contributed by atoms with E-state index in [0.29, 0.717) is 6.61 Å². The van der Waals surface area contributed by atoms with Gasteiger partial charge in [0.05, 0.1) is 5.75 Å². The molecule has 2 heterocycles. The predicted molar refractivity (Wildman–Crippen MR) is 98.2 cm³/mol. The molecule has 3 rings (SSSR count). The molecule has 0 radical (unpaired) electrons. The summed E-state index contributed by atoms with van der Waals surface area (Å²) in [5.41, 5.74) is 0.719. The molecule has 0 atom stereocenters. The maximum atomic E-state index is 12.5. The number of sulfonamides is 1. The van der Waals surface area contributed by atoms with Gasteiger partial charge in [0, 0.05) is 26.2 Å². The number of hydrogen-bond donors (Lipinski definition) is 0. The molecular formula is C18H22N2O7S. The molecule has 0 aromatic heterocycles. The summed E-state index contributed by atoms with van der Waals surface area (Å²) in [4.78, 5) is 25.5. The summed E-state index contributed by atoms with van der Waals surface area (Å²) in [6.45, 7) is 1.06. The van der Waals surface area contributed by atoms with Crippen molar-refractivity contribution >= 4 is 21.9 Å². The summed E-state index contributed by atoms with van der Waals surface area (Å²) in [7, 11) is -3.45. The van der Waals surface area contributed by atoms with Crippen molar-refractivity contribution < 1.29 is 32.2 Å². The van der Waals surface area contributed by atoms with E-state index in [1.165, 1.54) is 9.21 Å². The van der Waals surface area contributed by atoms with Crippen LogP contribution in [-0.4, -0.2) is 75.5 Å². The second kappa shape index (κ2) is 9.07. The normalized spacial score (nSPS) is 17.9. The van der Waals surface area contributed by atoms with Crippen LogP contribution in [0.1, 0.15) is 5.56 Å². The lowest BCUT2D eigenvalue weighted by atomic mass is 10.2. The molecule has 1 aromatic rings. The Morgan fingerprint density at radius 3 is 2.39 bits per heavy atom. The minimum Gasteiger partial charge on any atom is -0.493 e. The Labute approximate surface area is 163 Å². The minimum absolute atomic E-state index is 0.0728. The Kier molecular flexibility index (Phi) is 6.53. The molecule has 1 amide bonds. The highest BCUT2D eigenvalue weighted by Gasteiger charge is 2.29. The quantitative estimate of drug-likeness (QED) is 0.613. The lowest BCUT2D eigenvalue weighted by molar-refractivity contribution is -0.153. The third-order valence-electron chi connectivity index (χ3n) is 4.35. The number of esters is 1. The molecule has 0 spiro atoms. The van der Waals surface area contributed by atoms with Crippen LogP contribution in [0.4, 0.5) is 0 Å². The Morgan fingerprint density at radius 2 is 1.75 bits per heavy atom. The highest BCUT2D eigenvalue weighted by Crippen LogP contribution is 2.14. The van der Waals surface area contributed by atoms with Crippen molar-refractivity contribution in [3.05, 3.63) is 47.9 Å². The van der Waals surface area contributed by atoms with Gasteiger partial charge in [0.25, 0.3) is 5.91 Å². The molecule has 0 aliphatic carbocycles. The lowest BCUT2D eigenvalue weighted by Gasteiger charge is -2.34. The van der Waals surface area contributed by atoms with Crippen LogP contribution in [0.2, 0.25) is 0 Å². The van der Waals surface area contributed by atoms with Crippen molar-refractivity contribution in [1.82, 2.24) is 9.21 Å². The topological polar surface area (TPSA) is 102 Å². The predicted octanol–water partition coefficient (Wildman–Crippen LogP) is 0.0920. The summed E-state index contributed by atoms with van der Waals surface area (Å²) < 4.78 is 41.5. The zero-order chi connectivity index (χ0) is 20.0. The fourth-order valence-electron chi connectivity index (χ4n) is 2.86. The number of nitrogens with zero attached hydrogens (tertiary/aromatic N) is 2. The number of hydrogen-bond acceptors (Lipinski definition) is 7. The van der Waals surface area contributed by atoms with Gasteiger partial charge in [-0.05, 0) is 5.56 Å². The van der Waals surface area contributed by atoms with Gasteiger partial charge in [0.2, 0.25) is 15.8 Å². The van der Waals surface area contributed by atoms with Gasteiger partial charge in [0.15, 0.2) is 6.61 Å². The van der Waals surface area contributed by atoms with Gasteiger partial charge in [-0.3, -0.25) is 4.79 Å². The van der Waals surface area contributed by atoms with E-state index in [0.717, 1.165) is 11.8 Å². The molecule has 28 heavy (non-hydrogen) atoms. The summed E-state index contributed by atoms with van der Waals surface area (Å²) in [5.74, 6) is -1.30. The second-order valence-corrected chi connectivity index (χ2v) is 8.27. The number of ether oxygens (including phenoxy) is 3. The number of carbonyl (C=O) groups excluding carboxylic acids is 2. The van der Waals surface area contributed by atoms with Crippen LogP contribution < -0.4 is 0 Å². The number of benzene rings is 1. The summed E-state index contributed by atoms with van der Waals surface area (Å²) in [6, 6.07) is 8.95. The fraction of sp³-hybridized carbons (Fsp3) is 0.444. The highest BCUT2D eigenvalue weighted by molar-refractivity contribution is 7.88. The largest absolute Gasteiger partial charge is 0.493 e. The number of piperazine rings is 1. The molecule has 1 saturated heterocycles.